The second kappa shape index (κ2) is 6.02. The molecule has 0 spiro atoms. The summed E-state index contributed by atoms with van der Waals surface area (Å²) in [6.45, 7) is 2.61. The third-order valence-electron chi connectivity index (χ3n) is 3.80. The Morgan fingerprint density at radius 3 is 2.77 bits per heavy atom. The van der Waals surface area contributed by atoms with E-state index in [1.54, 1.807) is 4.90 Å². The van der Waals surface area contributed by atoms with Crippen molar-refractivity contribution in [3.8, 4) is 0 Å². The van der Waals surface area contributed by atoms with Gasteiger partial charge in [-0.05, 0) is 42.7 Å². The summed E-state index contributed by atoms with van der Waals surface area (Å²) in [6, 6.07) is 15.4. The molecule has 4 nitrogen and oxygen atoms in total. The molecule has 0 atom stereocenters. The van der Waals surface area contributed by atoms with Crippen molar-refractivity contribution in [2.45, 2.75) is 19.8 Å². The van der Waals surface area contributed by atoms with Gasteiger partial charge in [0.1, 0.15) is 6.42 Å². The standard InChI is InChI=1S/C18H18N2O2/c1-13-5-4-7-15(11-13)19-17(21)12-18(22)20-10-9-14-6-2-3-8-16(14)20/h2-8,11H,9-10,12H2,1H3,(H,19,21). The average molecular weight is 294 g/mol. The van der Waals surface area contributed by atoms with Gasteiger partial charge in [0.2, 0.25) is 11.8 Å². The van der Waals surface area contributed by atoms with Crippen LogP contribution in [0.1, 0.15) is 17.5 Å². The van der Waals surface area contributed by atoms with Gasteiger partial charge in [0.05, 0.1) is 0 Å². The fraction of sp³-hybridized carbons (Fsp3) is 0.222. The van der Waals surface area contributed by atoms with Crippen LogP contribution in [0.4, 0.5) is 11.4 Å². The third-order valence-corrected chi connectivity index (χ3v) is 3.80. The van der Waals surface area contributed by atoms with Crippen LogP contribution in [0.3, 0.4) is 0 Å². The average Bonchev–Trinajstić information content (AvgIpc) is 2.91. The summed E-state index contributed by atoms with van der Waals surface area (Å²) >= 11 is 0. The Kier molecular flexibility index (Phi) is 3.92. The highest BCUT2D eigenvalue weighted by atomic mass is 16.2. The zero-order chi connectivity index (χ0) is 15.5. The van der Waals surface area contributed by atoms with E-state index >= 15 is 0 Å². The van der Waals surface area contributed by atoms with Crippen molar-refractivity contribution < 1.29 is 9.59 Å². The quantitative estimate of drug-likeness (QED) is 0.885. The number of carbonyl (C=O) groups is 2. The summed E-state index contributed by atoms with van der Waals surface area (Å²) in [7, 11) is 0. The maximum Gasteiger partial charge on any atom is 0.236 e. The van der Waals surface area contributed by atoms with E-state index in [0.29, 0.717) is 6.54 Å². The fourth-order valence-corrected chi connectivity index (χ4v) is 2.76. The van der Waals surface area contributed by atoms with Gasteiger partial charge in [-0.15, -0.1) is 0 Å². The van der Waals surface area contributed by atoms with Gasteiger partial charge in [0, 0.05) is 17.9 Å². The van der Waals surface area contributed by atoms with Crippen LogP contribution in [0.2, 0.25) is 0 Å². The molecule has 1 N–H and O–H groups in total. The number of carbonyl (C=O) groups excluding carboxylic acids is 2. The molecule has 0 unspecified atom stereocenters. The van der Waals surface area contributed by atoms with Crippen LogP contribution in [-0.4, -0.2) is 18.4 Å². The number of hydrogen-bond donors (Lipinski definition) is 1. The van der Waals surface area contributed by atoms with Crippen LogP contribution < -0.4 is 10.2 Å². The minimum Gasteiger partial charge on any atom is -0.326 e. The molecule has 0 aliphatic carbocycles. The van der Waals surface area contributed by atoms with E-state index in [0.717, 1.165) is 28.9 Å². The number of amides is 2. The fourth-order valence-electron chi connectivity index (χ4n) is 2.76. The van der Waals surface area contributed by atoms with Crippen molar-refractivity contribution in [1.82, 2.24) is 0 Å². The van der Waals surface area contributed by atoms with Crippen molar-refractivity contribution in [2.75, 3.05) is 16.8 Å². The highest BCUT2D eigenvalue weighted by Crippen LogP contribution is 2.27. The van der Waals surface area contributed by atoms with Gasteiger partial charge in [-0.1, -0.05) is 30.3 Å². The van der Waals surface area contributed by atoms with Gasteiger partial charge < -0.3 is 10.2 Å². The lowest BCUT2D eigenvalue weighted by atomic mass is 10.2. The smallest absolute Gasteiger partial charge is 0.236 e. The Bertz CT molecular complexity index is 725. The summed E-state index contributed by atoms with van der Waals surface area (Å²) in [5.41, 5.74) is 3.88. The van der Waals surface area contributed by atoms with Gasteiger partial charge in [0.25, 0.3) is 0 Å². The number of nitrogens with one attached hydrogen (secondary N) is 1. The van der Waals surface area contributed by atoms with Crippen LogP contribution in [-0.2, 0) is 16.0 Å². The van der Waals surface area contributed by atoms with Crippen molar-refractivity contribution in [2.24, 2.45) is 0 Å². The molecule has 4 heteroatoms. The van der Waals surface area contributed by atoms with Gasteiger partial charge in [-0.3, -0.25) is 9.59 Å². The number of benzene rings is 2. The highest BCUT2D eigenvalue weighted by molar-refractivity contribution is 6.09. The van der Waals surface area contributed by atoms with Crippen LogP contribution in [0.15, 0.2) is 48.5 Å². The Balaban J connectivity index is 1.64. The number of hydrogen-bond acceptors (Lipinski definition) is 2. The molecule has 1 aliphatic rings. The first-order chi connectivity index (χ1) is 10.6. The lowest BCUT2D eigenvalue weighted by molar-refractivity contribution is -0.125. The SMILES string of the molecule is Cc1cccc(NC(=O)CC(=O)N2CCc3ccccc32)c1. The zero-order valence-corrected chi connectivity index (χ0v) is 12.5. The third kappa shape index (κ3) is 3.01. The number of para-hydroxylation sites is 1. The molecule has 2 aromatic rings. The van der Waals surface area contributed by atoms with E-state index in [1.807, 2.05) is 55.5 Å². The Morgan fingerprint density at radius 1 is 1.14 bits per heavy atom. The Hall–Kier alpha value is -2.62. The number of rotatable bonds is 3. The van der Waals surface area contributed by atoms with Crippen molar-refractivity contribution in [3.05, 3.63) is 59.7 Å². The van der Waals surface area contributed by atoms with Crippen LogP contribution >= 0.6 is 0 Å². The Labute approximate surface area is 129 Å². The van der Waals surface area contributed by atoms with E-state index in [9.17, 15) is 9.59 Å². The molecule has 1 aliphatic heterocycles. The zero-order valence-electron chi connectivity index (χ0n) is 12.5. The summed E-state index contributed by atoms with van der Waals surface area (Å²) in [4.78, 5) is 26.1. The molecular weight excluding hydrogens is 276 g/mol. The summed E-state index contributed by atoms with van der Waals surface area (Å²) in [6.07, 6.45) is 0.712. The minimum atomic E-state index is -0.278. The molecule has 0 bridgehead atoms. The van der Waals surface area contributed by atoms with Crippen LogP contribution in [0, 0.1) is 6.92 Å². The first-order valence-corrected chi connectivity index (χ1v) is 7.38. The maximum atomic E-state index is 12.3. The molecule has 3 rings (SSSR count). The number of aryl methyl sites for hydroxylation is 1. The normalized spacial score (nSPS) is 12.9. The highest BCUT2D eigenvalue weighted by Gasteiger charge is 2.25. The van der Waals surface area contributed by atoms with Gasteiger partial charge in [-0.25, -0.2) is 0 Å². The largest absolute Gasteiger partial charge is 0.326 e. The second-order valence-corrected chi connectivity index (χ2v) is 5.52. The van der Waals surface area contributed by atoms with E-state index in [1.165, 1.54) is 0 Å². The van der Waals surface area contributed by atoms with Crippen molar-refractivity contribution in [1.29, 1.82) is 0 Å². The molecule has 0 aromatic heterocycles. The number of nitrogens with zero attached hydrogens (tertiary/aromatic N) is 1. The van der Waals surface area contributed by atoms with E-state index < -0.39 is 0 Å². The van der Waals surface area contributed by atoms with Crippen molar-refractivity contribution in [3.63, 3.8) is 0 Å². The molecule has 22 heavy (non-hydrogen) atoms. The monoisotopic (exact) mass is 294 g/mol. The second-order valence-electron chi connectivity index (χ2n) is 5.52. The van der Waals surface area contributed by atoms with E-state index in [4.69, 9.17) is 0 Å². The van der Waals surface area contributed by atoms with Gasteiger partial charge in [-0.2, -0.15) is 0 Å². The number of fused-ring (bicyclic) bond motifs is 1. The molecule has 112 valence electrons. The summed E-state index contributed by atoms with van der Waals surface area (Å²) < 4.78 is 0. The first-order valence-electron chi connectivity index (χ1n) is 7.38. The molecule has 0 saturated heterocycles. The number of anilines is 2. The maximum absolute atomic E-state index is 12.3. The molecule has 2 amide bonds. The predicted octanol–water partition coefficient (Wildman–Crippen LogP) is 2.91. The minimum absolute atomic E-state index is 0.137. The Morgan fingerprint density at radius 2 is 1.95 bits per heavy atom. The predicted molar refractivity (Wildman–Crippen MR) is 86.9 cm³/mol. The summed E-state index contributed by atoms with van der Waals surface area (Å²) in [5.74, 6) is -0.435. The van der Waals surface area contributed by atoms with Gasteiger partial charge >= 0.3 is 0 Å². The van der Waals surface area contributed by atoms with E-state index in [2.05, 4.69) is 5.32 Å². The van der Waals surface area contributed by atoms with Crippen LogP contribution in [0.25, 0.3) is 0 Å². The van der Waals surface area contributed by atoms with Gasteiger partial charge in [0.15, 0.2) is 0 Å². The lowest BCUT2D eigenvalue weighted by Gasteiger charge is -2.17. The molecule has 2 aromatic carbocycles. The first kappa shape index (κ1) is 14.3. The molecule has 0 fully saturated rings. The van der Waals surface area contributed by atoms with Crippen molar-refractivity contribution >= 4 is 23.2 Å². The molecule has 0 radical (unpaired) electrons. The molecule has 0 saturated carbocycles. The summed E-state index contributed by atoms with van der Waals surface area (Å²) in [5, 5.41) is 2.77. The molecular formula is C18H18N2O2. The van der Waals surface area contributed by atoms with E-state index in [-0.39, 0.29) is 18.2 Å². The van der Waals surface area contributed by atoms with Crippen LogP contribution in [0.5, 0.6) is 0 Å². The molecule has 1 heterocycles. The topological polar surface area (TPSA) is 49.4 Å². The lowest BCUT2D eigenvalue weighted by Crippen LogP contribution is -2.32.